The van der Waals surface area contributed by atoms with Crippen molar-refractivity contribution in [2.75, 3.05) is 54.6 Å². The average molecular weight is 483 g/mol. The molecule has 2 aromatic carbocycles. The highest BCUT2D eigenvalue weighted by Crippen LogP contribution is 2.42. The molecule has 0 saturated heterocycles. The van der Waals surface area contributed by atoms with Crippen molar-refractivity contribution in [1.29, 1.82) is 0 Å². The Bertz CT molecular complexity index is 1020. The summed E-state index contributed by atoms with van der Waals surface area (Å²) in [6, 6.07) is 8.28. The summed E-state index contributed by atoms with van der Waals surface area (Å²) in [7, 11) is 6.68. The Morgan fingerprint density at radius 3 is 1.91 bits per heavy atom. The molecule has 4 rings (SSSR count). The third-order valence-electron chi connectivity index (χ3n) is 7.49. The molecule has 190 valence electrons. The van der Waals surface area contributed by atoms with Gasteiger partial charge in [-0.05, 0) is 85.7 Å². The molecule has 1 aliphatic carbocycles. The van der Waals surface area contributed by atoms with E-state index in [2.05, 4.69) is 34.5 Å². The Labute approximate surface area is 208 Å². The molecule has 1 heterocycles. The van der Waals surface area contributed by atoms with Gasteiger partial charge in [0, 0.05) is 25.6 Å². The van der Waals surface area contributed by atoms with Crippen LogP contribution in [0.25, 0.3) is 0 Å². The van der Waals surface area contributed by atoms with E-state index >= 15 is 0 Å². The van der Waals surface area contributed by atoms with Gasteiger partial charge in [-0.2, -0.15) is 0 Å². The topological polar surface area (TPSA) is 69.3 Å². The molecule has 2 aromatic rings. The number of fused-ring (bicyclic) bond motifs is 2. The molecule has 0 fully saturated rings. The minimum atomic E-state index is -0.0707. The Balaban J connectivity index is 1.31. The van der Waals surface area contributed by atoms with Crippen LogP contribution in [0.15, 0.2) is 24.3 Å². The SMILES string of the molecule is COc1cc2c(cc1OC)CCN(C(CCNCC1Cc3cc(OC)c(OC)cc31)C(C)=O)CC2. The first-order chi connectivity index (χ1) is 17.0. The zero-order valence-corrected chi connectivity index (χ0v) is 21.6. The maximum Gasteiger partial charge on any atom is 0.161 e. The van der Waals surface area contributed by atoms with Gasteiger partial charge in [0.1, 0.15) is 5.78 Å². The van der Waals surface area contributed by atoms with Gasteiger partial charge in [0.05, 0.1) is 34.5 Å². The first-order valence-electron chi connectivity index (χ1n) is 12.4. The van der Waals surface area contributed by atoms with Gasteiger partial charge in [0.15, 0.2) is 23.0 Å². The van der Waals surface area contributed by atoms with Gasteiger partial charge in [-0.1, -0.05) is 0 Å². The van der Waals surface area contributed by atoms with Crippen molar-refractivity contribution < 1.29 is 23.7 Å². The van der Waals surface area contributed by atoms with Crippen molar-refractivity contribution in [3.63, 3.8) is 0 Å². The third-order valence-corrected chi connectivity index (χ3v) is 7.49. The number of hydrogen-bond donors (Lipinski definition) is 1. The summed E-state index contributed by atoms with van der Waals surface area (Å²) in [4.78, 5) is 14.9. The molecule has 0 spiro atoms. The summed E-state index contributed by atoms with van der Waals surface area (Å²) in [5, 5.41) is 3.60. The molecule has 35 heavy (non-hydrogen) atoms. The highest BCUT2D eigenvalue weighted by Gasteiger charge is 2.29. The molecule has 1 N–H and O–H groups in total. The van der Waals surface area contributed by atoms with Crippen molar-refractivity contribution in [1.82, 2.24) is 10.2 Å². The molecule has 7 nitrogen and oxygen atoms in total. The number of nitrogens with zero attached hydrogens (tertiary/aromatic N) is 1. The van der Waals surface area contributed by atoms with Crippen LogP contribution in [0.5, 0.6) is 23.0 Å². The Hall–Kier alpha value is -2.77. The molecule has 0 radical (unpaired) electrons. The maximum absolute atomic E-state index is 12.6. The van der Waals surface area contributed by atoms with Gasteiger partial charge in [-0.25, -0.2) is 0 Å². The van der Waals surface area contributed by atoms with Crippen LogP contribution in [0.2, 0.25) is 0 Å². The number of ether oxygens (including phenoxy) is 4. The number of carbonyl (C=O) groups is 1. The number of benzene rings is 2. The molecular weight excluding hydrogens is 444 g/mol. The summed E-state index contributed by atoms with van der Waals surface area (Å²) < 4.78 is 21.8. The van der Waals surface area contributed by atoms with Crippen LogP contribution in [0.4, 0.5) is 0 Å². The summed E-state index contributed by atoms with van der Waals surface area (Å²) >= 11 is 0. The number of carbonyl (C=O) groups excluding carboxylic acids is 1. The maximum atomic E-state index is 12.6. The number of rotatable bonds is 11. The quantitative estimate of drug-likeness (QED) is 0.493. The van der Waals surface area contributed by atoms with Gasteiger partial charge in [0.25, 0.3) is 0 Å². The first kappa shape index (κ1) is 25.3. The van der Waals surface area contributed by atoms with E-state index in [1.54, 1.807) is 35.4 Å². The predicted molar refractivity (Wildman–Crippen MR) is 136 cm³/mol. The number of nitrogens with one attached hydrogen (secondary N) is 1. The van der Waals surface area contributed by atoms with Crippen LogP contribution in [0.3, 0.4) is 0 Å². The summed E-state index contributed by atoms with van der Waals surface area (Å²) in [6.45, 7) is 5.16. The largest absolute Gasteiger partial charge is 0.493 e. The van der Waals surface area contributed by atoms with Gasteiger partial charge >= 0.3 is 0 Å². The van der Waals surface area contributed by atoms with Crippen molar-refractivity contribution in [3.05, 3.63) is 46.5 Å². The standard InChI is InChI=1S/C28H38N2O5/c1-18(31)24(30-10-7-19-13-25(32-2)26(33-3)14-20(19)8-11-30)6-9-29-17-22-12-21-15-27(34-4)28(35-5)16-23(21)22/h13-16,22,24,29H,6-12,17H2,1-5H3. The zero-order valence-electron chi connectivity index (χ0n) is 21.6. The highest BCUT2D eigenvalue weighted by atomic mass is 16.5. The van der Waals surface area contributed by atoms with Gasteiger partial charge in [-0.3, -0.25) is 9.69 Å². The lowest BCUT2D eigenvalue weighted by molar-refractivity contribution is -0.122. The second-order valence-electron chi connectivity index (χ2n) is 9.44. The van der Waals surface area contributed by atoms with Crippen LogP contribution < -0.4 is 24.3 Å². The van der Waals surface area contributed by atoms with Gasteiger partial charge in [0.2, 0.25) is 0 Å². The van der Waals surface area contributed by atoms with Crippen molar-refractivity contribution in [3.8, 4) is 23.0 Å². The molecular formula is C28H38N2O5. The Morgan fingerprint density at radius 1 is 0.886 bits per heavy atom. The van der Waals surface area contributed by atoms with E-state index in [4.69, 9.17) is 18.9 Å². The minimum Gasteiger partial charge on any atom is -0.493 e. The highest BCUT2D eigenvalue weighted by molar-refractivity contribution is 5.81. The summed E-state index contributed by atoms with van der Waals surface area (Å²) in [5.41, 5.74) is 5.21. The van der Waals surface area contributed by atoms with E-state index in [0.717, 1.165) is 74.9 Å². The Kier molecular flexibility index (Phi) is 8.19. The Morgan fingerprint density at radius 2 is 1.40 bits per heavy atom. The van der Waals surface area contributed by atoms with E-state index in [0.29, 0.717) is 5.92 Å². The smallest absolute Gasteiger partial charge is 0.161 e. The van der Waals surface area contributed by atoms with E-state index in [1.807, 2.05) is 0 Å². The van der Waals surface area contributed by atoms with E-state index < -0.39 is 0 Å². The monoisotopic (exact) mass is 482 g/mol. The molecule has 2 aliphatic rings. The number of ketones is 1. The van der Waals surface area contributed by atoms with Gasteiger partial charge < -0.3 is 24.3 Å². The van der Waals surface area contributed by atoms with Crippen molar-refractivity contribution in [2.45, 2.75) is 44.6 Å². The van der Waals surface area contributed by atoms with Crippen LogP contribution >= 0.6 is 0 Å². The summed E-state index contributed by atoms with van der Waals surface area (Å²) in [5.74, 6) is 3.81. The van der Waals surface area contributed by atoms with E-state index in [9.17, 15) is 4.79 Å². The zero-order chi connectivity index (χ0) is 24.9. The second kappa shape index (κ2) is 11.3. The van der Waals surface area contributed by atoms with Crippen LogP contribution in [-0.4, -0.2) is 71.3 Å². The minimum absolute atomic E-state index is 0.0707. The molecule has 0 aromatic heterocycles. The lowest BCUT2D eigenvalue weighted by Crippen LogP contribution is -2.43. The lowest BCUT2D eigenvalue weighted by atomic mass is 9.77. The fourth-order valence-electron chi connectivity index (χ4n) is 5.46. The molecule has 1 aliphatic heterocycles. The number of methoxy groups -OCH3 is 4. The lowest BCUT2D eigenvalue weighted by Gasteiger charge is -2.32. The molecule has 0 bridgehead atoms. The molecule has 0 amide bonds. The van der Waals surface area contributed by atoms with Gasteiger partial charge in [-0.15, -0.1) is 0 Å². The molecule has 2 atom stereocenters. The summed E-state index contributed by atoms with van der Waals surface area (Å²) in [6.07, 6.45) is 3.65. The van der Waals surface area contributed by atoms with Crippen molar-refractivity contribution in [2.24, 2.45) is 0 Å². The number of hydrogen-bond acceptors (Lipinski definition) is 7. The fourth-order valence-corrected chi connectivity index (χ4v) is 5.46. The van der Waals surface area contributed by atoms with E-state index in [1.165, 1.54) is 22.3 Å². The first-order valence-corrected chi connectivity index (χ1v) is 12.4. The van der Waals surface area contributed by atoms with Crippen LogP contribution in [-0.2, 0) is 24.1 Å². The molecule has 2 unspecified atom stereocenters. The number of Topliss-reactive ketones (excluding diaryl/α,β-unsaturated/α-hetero) is 1. The molecule has 0 saturated carbocycles. The predicted octanol–water partition coefficient (Wildman–Crippen LogP) is 3.40. The fraction of sp³-hybridized carbons (Fsp3) is 0.536. The average Bonchev–Trinajstić information content (AvgIpc) is 3.06. The van der Waals surface area contributed by atoms with Crippen LogP contribution in [0.1, 0.15) is 41.5 Å². The normalized spacial score (nSPS) is 17.9. The van der Waals surface area contributed by atoms with Crippen molar-refractivity contribution >= 4 is 5.78 Å². The molecule has 7 heteroatoms. The van der Waals surface area contributed by atoms with E-state index in [-0.39, 0.29) is 11.8 Å². The second-order valence-corrected chi connectivity index (χ2v) is 9.44. The van der Waals surface area contributed by atoms with Crippen LogP contribution in [0, 0.1) is 0 Å². The third kappa shape index (κ3) is 5.41.